The van der Waals surface area contributed by atoms with Gasteiger partial charge in [-0.15, -0.1) is 0 Å². The Morgan fingerprint density at radius 2 is 1.86 bits per heavy atom. The minimum absolute atomic E-state index is 0.415. The number of methoxy groups -OCH3 is 1. The van der Waals surface area contributed by atoms with Crippen LogP contribution in [0.3, 0.4) is 0 Å². The Bertz CT molecular complexity index is 634. The van der Waals surface area contributed by atoms with Crippen LogP contribution in [0.15, 0.2) is 42.5 Å². The largest absolute Gasteiger partial charge is 0.624 e. The van der Waals surface area contributed by atoms with Crippen LogP contribution >= 0.6 is 11.6 Å². The zero-order valence-electron chi connectivity index (χ0n) is 11.9. The lowest BCUT2D eigenvalue weighted by molar-refractivity contribution is -0.416. The molecule has 0 bridgehead atoms. The van der Waals surface area contributed by atoms with E-state index >= 15 is 0 Å². The number of nitrogens with zero attached hydrogens (tertiary/aromatic N) is 1. The molecule has 0 spiro atoms. The maximum absolute atomic E-state index is 11.0. The van der Waals surface area contributed by atoms with Gasteiger partial charge in [-0.25, -0.2) is 4.74 Å². The number of hydroxylamine groups is 1. The number of rotatable bonds is 5. The minimum Gasteiger partial charge on any atom is -0.624 e. The molecule has 0 fully saturated rings. The van der Waals surface area contributed by atoms with Crippen LogP contribution in [-0.2, 0) is 6.61 Å². The zero-order chi connectivity index (χ0) is 15.2. The van der Waals surface area contributed by atoms with E-state index in [1.807, 2.05) is 24.3 Å². The van der Waals surface area contributed by atoms with E-state index in [1.165, 1.54) is 13.3 Å². The van der Waals surface area contributed by atoms with Crippen LogP contribution < -0.4 is 9.47 Å². The first kappa shape index (κ1) is 15.2. The van der Waals surface area contributed by atoms with E-state index in [0.29, 0.717) is 23.1 Å². The predicted molar refractivity (Wildman–Crippen MR) is 83.5 cm³/mol. The molecule has 2 aromatic carbocycles. The molecule has 0 heterocycles. The average molecular weight is 306 g/mol. The second-order valence-corrected chi connectivity index (χ2v) is 4.94. The molecular formula is C16H16ClNO3. The summed E-state index contributed by atoms with van der Waals surface area (Å²) in [6, 6.07) is 12.8. The Morgan fingerprint density at radius 3 is 2.48 bits per heavy atom. The monoisotopic (exact) mass is 305 g/mol. The highest BCUT2D eigenvalue weighted by Crippen LogP contribution is 2.28. The first-order chi connectivity index (χ1) is 10.1. The van der Waals surface area contributed by atoms with Crippen molar-refractivity contribution in [2.45, 2.75) is 6.61 Å². The van der Waals surface area contributed by atoms with Crippen LogP contribution in [0.4, 0.5) is 0 Å². The number of benzene rings is 2. The van der Waals surface area contributed by atoms with Gasteiger partial charge in [0.05, 0.1) is 7.11 Å². The van der Waals surface area contributed by atoms with Crippen LogP contribution in [0.25, 0.3) is 0 Å². The van der Waals surface area contributed by atoms with E-state index in [-0.39, 0.29) is 0 Å². The third kappa shape index (κ3) is 4.39. The van der Waals surface area contributed by atoms with Crippen LogP contribution in [0.2, 0.25) is 5.02 Å². The van der Waals surface area contributed by atoms with E-state index in [4.69, 9.17) is 21.1 Å². The molecule has 0 amide bonds. The lowest BCUT2D eigenvalue weighted by atomic mass is 10.2. The fraction of sp³-hybridized carbons (Fsp3) is 0.188. The van der Waals surface area contributed by atoms with Crippen molar-refractivity contribution in [2.75, 3.05) is 14.2 Å². The van der Waals surface area contributed by atoms with Crippen LogP contribution in [-0.4, -0.2) is 25.1 Å². The second kappa shape index (κ2) is 6.99. The molecule has 0 radical (unpaired) electrons. The number of hydrogen-bond acceptors (Lipinski definition) is 3. The molecule has 0 N–H and O–H groups in total. The Balaban J connectivity index is 2.12. The standard InChI is InChI=1S/C16H16ClNO3/c1-18(19)10-13-5-8-15(16(9-13)20-2)21-11-12-3-6-14(17)7-4-12/h3-10H,11H2,1-2H3/b18-10+. The molecule has 0 aliphatic rings. The Morgan fingerprint density at radius 1 is 1.14 bits per heavy atom. The van der Waals surface area contributed by atoms with Gasteiger partial charge < -0.3 is 14.7 Å². The predicted octanol–water partition coefficient (Wildman–Crippen LogP) is 3.49. The molecule has 4 nitrogen and oxygen atoms in total. The van der Waals surface area contributed by atoms with E-state index in [2.05, 4.69) is 0 Å². The third-order valence-electron chi connectivity index (χ3n) is 2.83. The molecule has 0 aliphatic carbocycles. The summed E-state index contributed by atoms with van der Waals surface area (Å²) >= 11 is 5.84. The highest BCUT2D eigenvalue weighted by molar-refractivity contribution is 6.30. The van der Waals surface area contributed by atoms with Gasteiger partial charge in [0.15, 0.2) is 17.7 Å². The summed E-state index contributed by atoms with van der Waals surface area (Å²) in [6.45, 7) is 0.415. The second-order valence-electron chi connectivity index (χ2n) is 4.50. The van der Waals surface area contributed by atoms with Gasteiger partial charge in [0.1, 0.15) is 13.7 Å². The SMILES string of the molecule is COc1cc(/C=[N+](\C)[O-])ccc1OCc1ccc(Cl)cc1. The van der Waals surface area contributed by atoms with Crippen molar-refractivity contribution in [3.8, 4) is 11.5 Å². The van der Waals surface area contributed by atoms with Crippen molar-refractivity contribution in [2.24, 2.45) is 0 Å². The summed E-state index contributed by atoms with van der Waals surface area (Å²) < 4.78 is 11.8. The van der Waals surface area contributed by atoms with Crippen molar-refractivity contribution < 1.29 is 14.2 Å². The number of ether oxygens (including phenoxy) is 2. The molecule has 0 aromatic heterocycles. The lowest BCUT2D eigenvalue weighted by Gasteiger charge is -2.11. The Hall–Kier alpha value is -2.20. The van der Waals surface area contributed by atoms with Gasteiger partial charge in [0, 0.05) is 10.6 Å². The quantitative estimate of drug-likeness (QED) is 0.368. The van der Waals surface area contributed by atoms with Crippen molar-refractivity contribution in [1.29, 1.82) is 0 Å². The van der Waals surface area contributed by atoms with Gasteiger partial charge in [-0.05, 0) is 35.9 Å². The van der Waals surface area contributed by atoms with E-state index in [1.54, 1.807) is 25.3 Å². The van der Waals surface area contributed by atoms with Gasteiger partial charge in [0.25, 0.3) is 0 Å². The van der Waals surface area contributed by atoms with Crippen LogP contribution in [0.5, 0.6) is 11.5 Å². The molecule has 0 unspecified atom stereocenters. The summed E-state index contributed by atoms with van der Waals surface area (Å²) in [5.74, 6) is 1.21. The third-order valence-corrected chi connectivity index (χ3v) is 3.08. The average Bonchev–Trinajstić information content (AvgIpc) is 2.47. The molecule has 2 aromatic rings. The fourth-order valence-corrected chi connectivity index (χ4v) is 1.96. The molecule has 0 atom stereocenters. The minimum atomic E-state index is 0.415. The summed E-state index contributed by atoms with van der Waals surface area (Å²) in [5.41, 5.74) is 1.76. The van der Waals surface area contributed by atoms with E-state index in [0.717, 1.165) is 15.9 Å². The molecule has 21 heavy (non-hydrogen) atoms. The number of halogens is 1. The summed E-state index contributed by atoms with van der Waals surface area (Å²) in [6.07, 6.45) is 1.46. The van der Waals surface area contributed by atoms with Gasteiger partial charge >= 0.3 is 0 Å². The normalized spacial score (nSPS) is 11.3. The summed E-state index contributed by atoms with van der Waals surface area (Å²) in [4.78, 5) is 0. The molecular weight excluding hydrogens is 290 g/mol. The first-order valence-electron chi connectivity index (χ1n) is 6.38. The smallest absolute Gasteiger partial charge is 0.181 e. The van der Waals surface area contributed by atoms with Crippen molar-refractivity contribution in [3.05, 3.63) is 63.8 Å². The van der Waals surface area contributed by atoms with Crippen LogP contribution in [0.1, 0.15) is 11.1 Å². The molecule has 110 valence electrons. The van der Waals surface area contributed by atoms with Gasteiger partial charge in [-0.3, -0.25) is 0 Å². The summed E-state index contributed by atoms with van der Waals surface area (Å²) in [5, 5.41) is 11.7. The highest BCUT2D eigenvalue weighted by atomic mass is 35.5. The molecule has 5 heteroatoms. The maximum Gasteiger partial charge on any atom is 0.181 e. The Labute approximate surface area is 128 Å². The lowest BCUT2D eigenvalue weighted by Crippen LogP contribution is -2.00. The maximum atomic E-state index is 11.0. The topological polar surface area (TPSA) is 44.5 Å². The summed E-state index contributed by atoms with van der Waals surface area (Å²) in [7, 11) is 2.99. The first-order valence-corrected chi connectivity index (χ1v) is 6.76. The number of hydrogen-bond donors (Lipinski definition) is 0. The fourth-order valence-electron chi connectivity index (χ4n) is 1.84. The Kier molecular flexibility index (Phi) is 5.06. The van der Waals surface area contributed by atoms with Crippen LogP contribution in [0, 0.1) is 5.21 Å². The molecule has 0 saturated carbocycles. The van der Waals surface area contributed by atoms with Crippen molar-refractivity contribution >= 4 is 17.8 Å². The highest BCUT2D eigenvalue weighted by Gasteiger charge is 2.06. The van der Waals surface area contributed by atoms with Gasteiger partial charge in [0.2, 0.25) is 0 Å². The molecule has 2 rings (SSSR count). The van der Waals surface area contributed by atoms with Crippen molar-refractivity contribution in [1.82, 2.24) is 0 Å². The zero-order valence-corrected chi connectivity index (χ0v) is 12.6. The molecule has 0 aliphatic heterocycles. The van der Waals surface area contributed by atoms with E-state index in [9.17, 15) is 5.21 Å². The van der Waals surface area contributed by atoms with Crippen molar-refractivity contribution in [3.63, 3.8) is 0 Å². The van der Waals surface area contributed by atoms with Gasteiger partial charge in [-0.1, -0.05) is 23.7 Å². The van der Waals surface area contributed by atoms with Gasteiger partial charge in [-0.2, -0.15) is 0 Å². The molecule has 0 saturated heterocycles. The van der Waals surface area contributed by atoms with E-state index < -0.39 is 0 Å².